The van der Waals surface area contributed by atoms with Gasteiger partial charge in [0.15, 0.2) is 5.78 Å². The minimum Gasteiger partial charge on any atom is -0.497 e. The number of Topliss-reactive ketones (excluding diaryl/α,β-unsaturated/α-hetero) is 1. The molecule has 3 aromatic rings. The number of carbonyl (C=O) groups excluding carboxylic acids is 1. The monoisotopic (exact) mass is 377 g/mol. The first-order valence-electron chi connectivity index (χ1n) is 9.51. The number of hydrogen-bond donors (Lipinski definition) is 0. The van der Waals surface area contributed by atoms with Gasteiger partial charge in [-0.05, 0) is 65.4 Å². The molecule has 1 aromatic heterocycles. The van der Waals surface area contributed by atoms with E-state index in [1.807, 2.05) is 30.3 Å². The molecule has 4 heteroatoms. The molecule has 0 bridgehead atoms. The number of aromatic nitrogens is 1. The molecule has 0 saturated carbocycles. The van der Waals surface area contributed by atoms with Crippen LogP contribution >= 0.6 is 0 Å². The van der Waals surface area contributed by atoms with Crippen molar-refractivity contribution < 1.29 is 13.9 Å². The number of rotatable bonds is 4. The number of carbonyl (C=O) groups is 1. The smallest absolute Gasteiger partial charge is 0.165 e. The van der Waals surface area contributed by atoms with Crippen LogP contribution in [0, 0.1) is 11.2 Å². The van der Waals surface area contributed by atoms with Crippen molar-refractivity contribution in [2.45, 2.75) is 33.2 Å². The second-order valence-corrected chi connectivity index (χ2v) is 8.27. The van der Waals surface area contributed by atoms with E-state index in [1.165, 1.54) is 12.1 Å². The highest BCUT2D eigenvalue weighted by atomic mass is 19.1. The van der Waals surface area contributed by atoms with Crippen LogP contribution in [0.1, 0.15) is 41.9 Å². The van der Waals surface area contributed by atoms with Crippen LogP contribution < -0.4 is 4.74 Å². The molecule has 0 unspecified atom stereocenters. The van der Waals surface area contributed by atoms with E-state index in [0.717, 1.165) is 40.2 Å². The van der Waals surface area contributed by atoms with Crippen molar-refractivity contribution in [3.05, 3.63) is 77.2 Å². The van der Waals surface area contributed by atoms with Gasteiger partial charge in [0, 0.05) is 29.9 Å². The van der Waals surface area contributed by atoms with E-state index in [-0.39, 0.29) is 17.0 Å². The number of methoxy groups -OCH3 is 1. The zero-order valence-electron chi connectivity index (χ0n) is 16.5. The van der Waals surface area contributed by atoms with Crippen LogP contribution in [0.2, 0.25) is 0 Å². The summed E-state index contributed by atoms with van der Waals surface area (Å²) in [6, 6.07) is 16.4. The molecule has 0 radical (unpaired) electrons. The second kappa shape index (κ2) is 6.93. The van der Waals surface area contributed by atoms with Gasteiger partial charge in [0.05, 0.1) is 7.11 Å². The van der Waals surface area contributed by atoms with E-state index in [1.54, 1.807) is 19.2 Å². The van der Waals surface area contributed by atoms with E-state index in [9.17, 15) is 9.18 Å². The van der Waals surface area contributed by atoms with Gasteiger partial charge in [0.2, 0.25) is 0 Å². The van der Waals surface area contributed by atoms with Crippen molar-refractivity contribution >= 4 is 5.78 Å². The lowest BCUT2D eigenvalue weighted by Gasteiger charge is -2.30. The largest absolute Gasteiger partial charge is 0.497 e. The Balaban J connectivity index is 1.84. The molecule has 4 rings (SSSR count). The molecule has 0 aliphatic heterocycles. The molecule has 0 N–H and O–H groups in total. The Bertz CT molecular complexity index is 1010. The highest BCUT2D eigenvalue weighted by Gasteiger charge is 2.34. The summed E-state index contributed by atoms with van der Waals surface area (Å²) < 4.78 is 20.8. The number of benzene rings is 2. The first-order chi connectivity index (χ1) is 13.4. The average molecular weight is 377 g/mol. The Labute approximate surface area is 164 Å². The van der Waals surface area contributed by atoms with Crippen LogP contribution in [0.5, 0.6) is 5.75 Å². The van der Waals surface area contributed by atoms with Gasteiger partial charge in [-0.3, -0.25) is 4.79 Å². The highest BCUT2D eigenvalue weighted by Crippen LogP contribution is 2.39. The van der Waals surface area contributed by atoms with E-state index >= 15 is 0 Å². The highest BCUT2D eigenvalue weighted by molar-refractivity contribution is 6.00. The summed E-state index contributed by atoms with van der Waals surface area (Å²) in [7, 11) is 1.64. The fourth-order valence-corrected chi connectivity index (χ4v) is 4.02. The van der Waals surface area contributed by atoms with Crippen LogP contribution in [0.15, 0.2) is 54.6 Å². The van der Waals surface area contributed by atoms with Gasteiger partial charge in [0.25, 0.3) is 0 Å². The predicted molar refractivity (Wildman–Crippen MR) is 108 cm³/mol. The Morgan fingerprint density at radius 2 is 1.71 bits per heavy atom. The van der Waals surface area contributed by atoms with Crippen molar-refractivity contribution in [2.75, 3.05) is 7.11 Å². The number of ketones is 1. The van der Waals surface area contributed by atoms with Crippen LogP contribution in [0.4, 0.5) is 4.39 Å². The molecule has 144 valence electrons. The predicted octanol–water partition coefficient (Wildman–Crippen LogP) is 5.51. The number of hydrogen-bond acceptors (Lipinski definition) is 2. The van der Waals surface area contributed by atoms with E-state index in [0.29, 0.717) is 13.0 Å². The lowest BCUT2D eigenvalue weighted by atomic mass is 9.76. The third kappa shape index (κ3) is 3.47. The van der Waals surface area contributed by atoms with Gasteiger partial charge in [-0.15, -0.1) is 0 Å². The van der Waals surface area contributed by atoms with E-state index < -0.39 is 0 Å². The van der Waals surface area contributed by atoms with Crippen molar-refractivity contribution in [3.63, 3.8) is 0 Å². The minimum atomic E-state index is -0.245. The second-order valence-electron chi connectivity index (χ2n) is 8.27. The first-order valence-corrected chi connectivity index (χ1v) is 9.51. The van der Waals surface area contributed by atoms with Gasteiger partial charge < -0.3 is 9.30 Å². The Hall–Kier alpha value is -2.88. The summed E-state index contributed by atoms with van der Waals surface area (Å²) in [5.74, 6) is 0.742. The molecule has 28 heavy (non-hydrogen) atoms. The van der Waals surface area contributed by atoms with Crippen LogP contribution in [0.25, 0.3) is 11.3 Å². The summed E-state index contributed by atoms with van der Waals surface area (Å²) in [5.41, 5.74) is 4.85. The van der Waals surface area contributed by atoms with E-state index in [2.05, 4.69) is 18.4 Å². The number of fused-ring (bicyclic) bond motifs is 1. The van der Waals surface area contributed by atoms with Gasteiger partial charge in [-0.2, -0.15) is 0 Å². The van der Waals surface area contributed by atoms with Crippen LogP contribution in [-0.4, -0.2) is 17.5 Å². The van der Waals surface area contributed by atoms with Crippen LogP contribution in [0.3, 0.4) is 0 Å². The molecule has 1 aliphatic carbocycles. The molecular formula is C24H24FNO2. The Kier molecular flexibility index (Phi) is 4.58. The van der Waals surface area contributed by atoms with Gasteiger partial charge in [0.1, 0.15) is 11.6 Å². The van der Waals surface area contributed by atoms with Crippen molar-refractivity contribution in [1.29, 1.82) is 0 Å². The fraction of sp³-hybridized carbons (Fsp3) is 0.292. The number of nitrogens with zero attached hydrogens (tertiary/aromatic N) is 1. The van der Waals surface area contributed by atoms with Gasteiger partial charge in [-0.25, -0.2) is 4.39 Å². The molecule has 0 saturated heterocycles. The molecule has 0 spiro atoms. The third-order valence-electron chi connectivity index (χ3n) is 5.43. The van der Waals surface area contributed by atoms with Gasteiger partial charge in [-0.1, -0.05) is 26.0 Å². The van der Waals surface area contributed by atoms with Crippen molar-refractivity contribution in [2.24, 2.45) is 5.41 Å². The summed E-state index contributed by atoms with van der Waals surface area (Å²) >= 11 is 0. The molecule has 2 aromatic carbocycles. The molecule has 1 heterocycles. The number of halogens is 1. The number of ether oxygens (including phenoxy) is 1. The first kappa shape index (κ1) is 18.5. The van der Waals surface area contributed by atoms with E-state index in [4.69, 9.17) is 4.74 Å². The molecule has 3 nitrogen and oxygen atoms in total. The summed E-state index contributed by atoms with van der Waals surface area (Å²) in [5, 5.41) is 0. The lowest BCUT2D eigenvalue weighted by molar-refractivity contribution is 0.0910. The summed E-state index contributed by atoms with van der Waals surface area (Å²) in [4.78, 5) is 12.8. The maximum atomic E-state index is 13.3. The normalized spacial score (nSPS) is 15.4. The maximum absolute atomic E-state index is 13.3. The zero-order valence-corrected chi connectivity index (χ0v) is 16.5. The van der Waals surface area contributed by atoms with Crippen molar-refractivity contribution in [1.82, 2.24) is 4.57 Å². The van der Waals surface area contributed by atoms with Crippen molar-refractivity contribution in [3.8, 4) is 17.0 Å². The molecule has 0 atom stereocenters. The lowest BCUT2D eigenvalue weighted by Crippen LogP contribution is -2.28. The quantitative estimate of drug-likeness (QED) is 0.601. The standard InChI is InChI=1S/C24H24FNO2/c1-24(2)13-22-20(23(27)14-24)12-21(17-6-10-19(28-3)11-7-17)26(22)15-16-4-8-18(25)9-5-16/h4-12H,13-15H2,1-3H3. The average Bonchev–Trinajstić information content (AvgIpc) is 3.01. The molecule has 0 amide bonds. The summed E-state index contributed by atoms with van der Waals surface area (Å²) in [6.45, 7) is 4.87. The van der Waals surface area contributed by atoms with Crippen LogP contribution in [-0.2, 0) is 13.0 Å². The van der Waals surface area contributed by atoms with Gasteiger partial charge >= 0.3 is 0 Å². The Morgan fingerprint density at radius 3 is 2.36 bits per heavy atom. The molecule has 1 aliphatic rings. The maximum Gasteiger partial charge on any atom is 0.165 e. The summed E-state index contributed by atoms with van der Waals surface area (Å²) in [6.07, 6.45) is 1.40. The fourth-order valence-electron chi connectivity index (χ4n) is 4.02. The minimum absolute atomic E-state index is 0.0693. The molecular weight excluding hydrogens is 353 g/mol. The third-order valence-corrected chi connectivity index (χ3v) is 5.43. The zero-order chi connectivity index (χ0) is 19.9. The molecule has 0 fully saturated rings. The Morgan fingerprint density at radius 1 is 1.04 bits per heavy atom. The SMILES string of the molecule is COc1ccc(-c2cc3c(n2Cc2ccc(F)cc2)CC(C)(C)CC3=O)cc1. The topological polar surface area (TPSA) is 31.2 Å².